The number of anilines is 1. The first kappa shape index (κ1) is 14.8. The zero-order valence-corrected chi connectivity index (χ0v) is 12.7. The maximum absolute atomic E-state index is 5.40. The summed E-state index contributed by atoms with van der Waals surface area (Å²) in [5.41, 5.74) is 2.61. The van der Waals surface area contributed by atoms with E-state index in [1.54, 1.807) is 0 Å². The highest BCUT2D eigenvalue weighted by Crippen LogP contribution is 2.17. The Bertz CT molecular complexity index is 409. The molecule has 3 rings (SSSR count). The second kappa shape index (κ2) is 7.78. The number of nitrogens with one attached hydrogen (secondary N) is 1. The van der Waals surface area contributed by atoms with Gasteiger partial charge in [0.2, 0.25) is 0 Å². The summed E-state index contributed by atoms with van der Waals surface area (Å²) in [6.07, 6.45) is 2.37. The number of ether oxygens (including phenoxy) is 2. The first-order valence-electron chi connectivity index (χ1n) is 8.11. The smallest absolute Gasteiger partial charge is 0.0594 e. The summed E-state index contributed by atoms with van der Waals surface area (Å²) in [5.74, 6) is 0.756. The number of nitrogens with zero attached hydrogens (tertiary/aromatic N) is 1. The van der Waals surface area contributed by atoms with Crippen LogP contribution in [0.3, 0.4) is 0 Å². The number of hydrogen-bond acceptors (Lipinski definition) is 4. The third kappa shape index (κ3) is 4.70. The first-order valence-corrected chi connectivity index (χ1v) is 8.11. The van der Waals surface area contributed by atoms with E-state index in [0.29, 0.717) is 0 Å². The van der Waals surface area contributed by atoms with Crippen LogP contribution in [0.4, 0.5) is 5.69 Å². The van der Waals surface area contributed by atoms with Gasteiger partial charge >= 0.3 is 0 Å². The number of rotatable bonds is 5. The van der Waals surface area contributed by atoms with Crippen molar-refractivity contribution in [3.8, 4) is 0 Å². The molecule has 2 saturated heterocycles. The van der Waals surface area contributed by atoms with Crippen molar-refractivity contribution in [2.75, 3.05) is 51.4 Å². The highest BCUT2D eigenvalue weighted by molar-refractivity contribution is 5.44. The third-order valence-corrected chi connectivity index (χ3v) is 4.40. The molecule has 0 atom stereocenters. The standard InChI is InChI=1S/C17H26N2O2/c1-3-17(18-13-15-5-9-20-10-6-15)4-2-16(1)14-19-7-11-21-12-8-19/h1-4,15,18H,5-14H2. The minimum absolute atomic E-state index is 0.756. The molecule has 0 amide bonds. The Balaban J connectivity index is 1.44. The van der Waals surface area contributed by atoms with Crippen LogP contribution in [-0.4, -0.2) is 51.0 Å². The lowest BCUT2D eigenvalue weighted by Gasteiger charge is -2.26. The van der Waals surface area contributed by atoms with Gasteiger partial charge in [0.15, 0.2) is 0 Å². The van der Waals surface area contributed by atoms with Gasteiger partial charge in [-0.2, -0.15) is 0 Å². The van der Waals surface area contributed by atoms with Crippen molar-refractivity contribution in [1.29, 1.82) is 0 Å². The Hall–Kier alpha value is -1.10. The Labute approximate surface area is 127 Å². The molecule has 1 aromatic carbocycles. The Morgan fingerprint density at radius 1 is 0.952 bits per heavy atom. The van der Waals surface area contributed by atoms with Gasteiger partial charge in [-0.25, -0.2) is 0 Å². The second-order valence-corrected chi connectivity index (χ2v) is 6.02. The van der Waals surface area contributed by atoms with Gasteiger partial charge < -0.3 is 14.8 Å². The van der Waals surface area contributed by atoms with Crippen LogP contribution in [0.5, 0.6) is 0 Å². The molecule has 2 heterocycles. The molecule has 0 bridgehead atoms. The summed E-state index contributed by atoms with van der Waals surface area (Å²) < 4.78 is 10.8. The third-order valence-electron chi connectivity index (χ3n) is 4.40. The number of hydrogen-bond donors (Lipinski definition) is 1. The van der Waals surface area contributed by atoms with Gasteiger partial charge in [-0.15, -0.1) is 0 Å². The molecular formula is C17H26N2O2. The Kier molecular flexibility index (Phi) is 5.49. The number of morpholine rings is 1. The summed E-state index contributed by atoms with van der Waals surface area (Å²) in [5, 5.41) is 3.56. The monoisotopic (exact) mass is 290 g/mol. The molecule has 0 aliphatic carbocycles. The van der Waals surface area contributed by atoms with Gasteiger partial charge in [-0.1, -0.05) is 12.1 Å². The molecule has 21 heavy (non-hydrogen) atoms. The average molecular weight is 290 g/mol. The van der Waals surface area contributed by atoms with Gasteiger partial charge in [-0.3, -0.25) is 4.90 Å². The molecule has 0 aromatic heterocycles. The van der Waals surface area contributed by atoms with E-state index in [0.717, 1.165) is 58.5 Å². The van der Waals surface area contributed by atoms with Crippen LogP contribution in [0.1, 0.15) is 18.4 Å². The molecule has 0 unspecified atom stereocenters. The van der Waals surface area contributed by atoms with E-state index < -0.39 is 0 Å². The van der Waals surface area contributed by atoms with Gasteiger partial charge in [-0.05, 0) is 36.5 Å². The lowest BCUT2D eigenvalue weighted by atomic mass is 10.0. The summed E-state index contributed by atoms with van der Waals surface area (Å²) in [6, 6.07) is 8.88. The molecule has 2 aliphatic heterocycles. The lowest BCUT2D eigenvalue weighted by molar-refractivity contribution is 0.0342. The molecule has 1 N–H and O–H groups in total. The fourth-order valence-electron chi connectivity index (χ4n) is 2.96. The fourth-order valence-corrected chi connectivity index (χ4v) is 2.96. The van der Waals surface area contributed by atoms with Crippen molar-refractivity contribution < 1.29 is 9.47 Å². The quantitative estimate of drug-likeness (QED) is 0.902. The van der Waals surface area contributed by atoms with Crippen LogP contribution in [0.2, 0.25) is 0 Å². The van der Waals surface area contributed by atoms with E-state index in [1.807, 2.05) is 0 Å². The first-order chi connectivity index (χ1) is 10.4. The minimum Gasteiger partial charge on any atom is -0.385 e. The van der Waals surface area contributed by atoms with Crippen molar-refractivity contribution in [1.82, 2.24) is 4.90 Å². The summed E-state index contributed by atoms with van der Waals surface area (Å²) in [4.78, 5) is 2.45. The van der Waals surface area contributed by atoms with Crippen LogP contribution < -0.4 is 5.32 Å². The molecule has 4 heteroatoms. The van der Waals surface area contributed by atoms with Crippen LogP contribution in [0.25, 0.3) is 0 Å². The Morgan fingerprint density at radius 3 is 2.33 bits per heavy atom. The van der Waals surface area contributed by atoms with Gasteiger partial charge in [0.1, 0.15) is 0 Å². The lowest BCUT2D eigenvalue weighted by Crippen LogP contribution is -2.35. The normalized spacial score (nSPS) is 21.3. The second-order valence-electron chi connectivity index (χ2n) is 6.02. The highest BCUT2D eigenvalue weighted by Gasteiger charge is 2.13. The van der Waals surface area contributed by atoms with Gasteiger partial charge in [0.25, 0.3) is 0 Å². The van der Waals surface area contributed by atoms with E-state index in [4.69, 9.17) is 9.47 Å². The largest absolute Gasteiger partial charge is 0.385 e. The summed E-state index contributed by atoms with van der Waals surface area (Å²) in [7, 11) is 0. The van der Waals surface area contributed by atoms with Crippen molar-refractivity contribution in [2.24, 2.45) is 5.92 Å². The van der Waals surface area contributed by atoms with Crippen LogP contribution in [0.15, 0.2) is 24.3 Å². The molecular weight excluding hydrogens is 264 g/mol. The molecule has 0 radical (unpaired) electrons. The van der Waals surface area contributed by atoms with Gasteiger partial charge in [0.05, 0.1) is 13.2 Å². The van der Waals surface area contributed by atoms with E-state index in [1.165, 1.54) is 24.1 Å². The van der Waals surface area contributed by atoms with E-state index in [2.05, 4.69) is 34.5 Å². The molecule has 2 aliphatic rings. The van der Waals surface area contributed by atoms with Crippen molar-refractivity contribution >= 4 is 5.69 Å². The molecule has 4 nitrogen and oxygen atoms in total. The summed E-state index contributed by atoms with van der Waals surface area (Å²) >= 11 is 0. The molecule has 1 aromatic rings. The van der Waals surface area contributed by atoms with Crippen LogP contribution in [-0.2, 0) is 16.0 Å². The molecule has 2 fully saturated rings. The van der Waals surface area contributed by atoms with E-state index in [-0.39, 0.29) is 0 Å². The Morgan fingerprint density at radius 2 is 1.62 bits per heavy atom. The SMILES string of the molecule is c1cc(NCC2CCOCC2)ccc1CN1CCOCC1. The molecule has 0 spiro atoms. The van der Waals surface area contributed by atoms with E-state index in [9.17, 15) is 0 Å². The van der Waals surface area contributed by atoms with Crippen molar-refractivity contribution in [2.45, 2.75) is 19.4 Å². The number of benzene rings is 1. The van der Waals surface area contributed by atoms with Crippen LogP contribution >= 0.6 is 0 Å². The average Bonchev–Trinajstić information content (AvgIpc) is 2.56. The fraction of sp³-hybridized carbons (Fsp3) is 0.647. The zero-order valence-electron chi connectivity index (χ0n) is 12.7. The maximum Gasteiger partial charge on any atom is 0.0594 e. The molecule has 116 valence electrons. The molecule has 0 saturated carbocycles. The summed E-state index contributed by atoms with van der Waals surface area (Å²) in [6.45, 7) is 7.76. The van der Waals surface area contributed by atoms with Gasteiger partial charge in [0, 0.05) is 45.1 Å². The topological polar surface area (TPSA) is 33.7 Å². The van der Waals surface area contributed by atoms with Crippen molar-refractivity contribution in [3.05, 3.63) is 29.8 Å². The van der Waals surface area contributed by atoms with Crippen molar-refractivity contribution in [3.63, 3.8) is 0 Å². The minimum atomic E-state index is 0.756. The predicted molar refractivity (Wildman–Crippen MR) is 84.6 cm³/mol. The van der Waals surface area contributed by atoms with E-state index >= 15 is 0 Å². The van der Waals surface area contributed by atoms with Crippen LogP contribution in [0, 0.1) is 5.92 Å². The maximum atomic E-state index is 5.40. The predicted octanol–water partition coefficient (Wildman–Crippen LogP) is 2.36. The highest BCUT2D eigenvalue weighted by atomic mass is 16.5. The zero-order chi connectivity index (χ0) is 14.3.